The van der Waals surface area contributed by atoms with Crippen LogP contribution in [0.25, 0.3) is 0 Å². The fourth-order valence-corrected chi connectivity index (χ4v) is 1.93. The molecule has 3 nitrogen and oxygen atoms in total. The highest BCUT2D eigenvalue weighted by atomic mass is 35.5. The van der Waals surface area contributed by atoms with Gasteiger partial charge in [0.2, 0.25) is 0 Å². The number of halogens is 2. The molecule has 0 fully saturated rings. The summed E-state index contributed by atoms with van der Waals surface area (Å²) in [5.74, 6) is -0.403. The highest BCUT2D eigenvalue weighted by Crippen LogP contribution is 2.20. The number of nitrogens with zero attached hydrogens (tertiary/aromatic N) is 1. The Morgan fingerprint density at radius 2 is 1.89 bits per heavy atom. The molecule has 0 atom stereocenters. The van der Waals surface area contributed by atoms with Crippen LogP contribution in [0.1, 0.15) is 55.8 Å². The first-order valence-corrected chi connectivity index (χ1v) is 7.39. The number of esters is 1. The number of unbranched alkanes of at least 4 members (excludes halogenated alkanes) is 5. The van der Waals surface area contributed by atoms with Crippen molar-refractivity contribution in [3.8, 4) is 0 Å². The second-order valence-electron chi connectivity index (χ2n) is 4.40. The number of carbonyl (C=O) groups is 1. The van der Waals surface area contributed by atoms with Crippen LogP contribution in [0, 0.1) is 0 Å². The molecule has 0 aliphatic heterocycles. The zero-order valence-corrected chi connectivity index (χ0v) is 12.6. The third-order valence-electron chi connectivity index (χ3n) is 2.76. The third-order valence-corrected chi connectivity index (χ3v) is 3.45. The van der Waals surface area contributed by atoms with Crippen molar-refractivity contribution in [1.29, 1.82) is 0 Å². The Hall–Kier alpha value is -0.800. The molecule has 0 aliphatic carbocycles. The van der Waals surface area contributed by atoms with E-state index in [1.807, 2.05) is 0 Å². The van der Waals surface area contributed by atoms with E-state index < -0.39 is 5.97 Å². The second kappa shape index (κ2) is 9.16. The molecule has 19 heavy (non-hydrogen) atoms. The van der Waals surface area contributed by atoms with Gasteiger partial charge in [-0.3, -0.25) is 0 Å². The molecule has 0 aliphatic rings. The lowest BCUT2D eigenvalue weighted by molar-refractivity contribution is 0.0497. The molecule has 5 heteroatoms. The largest absolute Gasteiger partial charge is 0.462 e. The molecule has 0 unspecified atom stereocenters. The van der Waals surface area contributed by atoms with E-state index >= 15 is 0 Å². The molecule has 1 heterocycles. The Balaban J connectivity index is 2.22. The monoisotopic (exact) mass is 303 g/mol. The van der Waals surface area contributed by atoms with Crippen molar-refractivity contribution in [2.45, 2.75) is 45.4 Å². The fourth-order valence-electron chi connectivity index (χ4n) is 1.66. The Bertz CT molecular complexity index is 410. The summed E-state index contributed by atoms with van der Waals surface area (Å²) in [5.41, 5.74) is 0.334. The minimum absolute atomic E-state index is 0.189. The summed E-state index contributed by atoms with van der Waals surface area (Å²) in [6, 6.07) is 1.47. The summed E-state index contributed by atoms with van der Waals surface area (Å²) in [4.78, 5) is 15.5. The summed E-state index contributed by atoms with van der Waals surface area (Å²) in [5, 5.41) is 0.449. The van der Waals surface area contributed by atoms with Crippen molar-refractivity contribution in [3.63, 3.8) is 0 Å². The van der Waals surface area contributed by atoms with Gasteiger partial charge < -0.3 is 4.74 Å². The highest BCUT2D eigenvalue weighted by molar-refractivity contribution is 6.41. The number of hydrogen-bond acceptors (Lipinski definition) is 3. The Labute approximate surface area is 124 Å². The third kappa shape index (κ3) is 6.26. The van der Waals surface area contributed by atoms with Crippen molar-refractivity contribution in [3.05, 3.63) is 28.0 Å². The number of pyridine rings is 1. The van der Waals surface area contributed by atoms with Crippen molar-refractivity contribution in [1.82, 2.24) is 4.98 Å². The summed E-state index contributed by atoms with van der Waals surface area (Å²) in [6.07, 6.45) is 8.31. The van der Waals surface area contributed by atoms with Gasteiger partial charge in [-0.1, -0.05) is 62.2 Å². The van der Waals surface area contributed by atoms with Gasteiger partial charge in [-0.15, -0.1) is 0 Å². The van der Waals surface area contributed by atoms with E-state index in [-0.39, 0.29) is 10.2 Å². The maximum Gasteiger partial charge on any atom is 0.339 e. The molecule has 0 amide bonds. The minimum Gasteiger partial charge on any atom is -0.462 e. The molecule has 1 aromatic heterocycles. The van der Waals surface area contributed by atoms with E-state index in [1.165, 1.54) is 37.9 Å². The maximum absolute atomic E-state index is 11.7. The van der Waals surface area contributed by atoms with E-state index in [0.29, 0.717) is 12.2 Å². The minimum atomic E-state index is -0.403. The van der Waals surface area contributed by atoms with E-state index in [2.05, 4.69) is 11.9 Å². The predicted molar refractivity (Wildman–Crippen MR) is 77.9 cm³/mol. The lowest BCUT2D eigenvalue weighted by atomic mass is 10.1. The zero-order chi connectivity index (χ0) is 14.1. The summed E-state index contributed by atoms with van der Waals surface area (Å²) in [6.45, 7) is 2.62. The molecule has 1 rings (SSSR count). The van der Waals surface area contributed by atoms with Crippen LogP contribution in [0.3, 0.4) is 0 Å². The molecule has 1 aromatic rings. The topological polar surface area (TPSA) is 39.2 Å². The molecular formula is C14H19Cl2NO2. The van der Waals surface area contributed by atoms with Gasteiger partial charge in [0.05, 0.1) is 17.2 Å². The summed E-state index contributed by atoms with van der Waals surface area (Å²) < 4.78 is 5.15. The van der Waals surface area contributed by atoms with Crippen LogP contribution in [-0.2, 0) is 4.74 Å². The Morgan fingerprint density at radius 3 is 2.58 bits per heavy atom. The molecule has 106 valence electrons. The molecule has 0 N–H and O–H groups in total. The first-order valence-electron chi connectivity index (χ1n) is 6.63. The normalized spacial score (nSPS) is 10.5. The zero-order valence-electron chi connectivity index (χ0n) is 11.1. The molecule has 0 spiro atoms. The fraction of sp³-hybridized carbons (Fsp3) is 0.571. The molecule has 0 aromatic carbocycles. The highest BCUT2D eigenvalue weighted by Gasteiger charge is 2.10. The molecule has 0 saturated carbocycles. The average molecular weight is 304 g/mol. The Morgan fingerprint density at radius 1 is 1.21 bits per heavy atom. The summed E-state index contributed by atoms with van der Waals surface area (Å²) in [7, 11) is 0. The molecule has 0 radical (unpaired) electrons. The lowest BCUT2D eigenvalue weighted by Gasteiger charge is -2.05. The van der Waals surface area contributed by atoms with Crippen molar-refractivity contribution in [2.75, 3.05) is 6.61 Å². The van der Waals surface area contributed by atoms with E-state index in [4.69, 9.17) is 27.9 Å². The first kappa shape index (κ1) is 16.3. The van der Waals surface area contributed by atoms with Crippen LogP contribution < -0.4 is 0 Å². The smallest absolute Gasteiger partial charge is 0.339 e. The number of ether oxygens (including phenoxy) is 1. The lowest BCUT2D eigenvalue weighted by Crippen LogP contribution is -2.07. The average Bonchev–Trinajstić information content (AvgIpc) is 2.40. The SMILES string of the molecule is CCCCCCCCOC(=O)c1cnc(Cl)c(Cl)c1. The van der Waals surface area contributed by atoms with Crippen LogP contribution in [-0.4, -0.2) is 17.6 Å². The molecule has 0 bridgehead atoms. The number of aromatic nitrogens is 1. The van der Waals surface area contributed by atoms with Gasteiger partial charge in [0, 0.05) is 6.20 Å². The van der Waals surface area contributed by atoms with Crippen LogP contribution in [0.4, 0.5) is 0 Å². The van der Waals surface area contributed by atoms with Gasteiger partial charge in [-0.2, -0.15) is 0 Å². The number of carbonyl (C=O) groups excluding carboxylic acids is 1. The van der Waals surface area contributed by atoms with Gasteiger partial charge in [-0.05, 0) is 12.5 Å². The van der Waals surface area contributed by atoms with Crippen molar-refractivity contribution in [2.24, 2.45) is 0 Å². The van der Waals surface area contributed by atoms with Gasteiger partial charge in [0.1, 0.15) is 5.15 Å². The van der Waals surface area contributed by atoms with E-state index in [0.717, 1.165) is 12.8 Å². The maximum atomic E-state index is 11.7. The van der Waals surface area contributed by atoms with Crippen molar-refractivity contribution >= 4 is 29.2 Å². The van der Waals surface area contributed by atoms with Crippen LogP contribution >= 0.6 is 23.2 Å². The van der Waals surface area contributed by atoms with Gasteiger partial charge in [-0.25, -0.2) is 9.78 Å². The Kier molecular flexibility index (Phi) is 7.84. The standard InChI is InChI=1S/C14H19Cl2NO2/c1-2-3-4-5-6-7-8-19-14(18)11-9-12(15)13(16)17-10-11/h9-10H,2-8H2,1H3. The van der Waals surface area contributed by atoms with Crippen molar-refractivity contribution < 1.29 is 9.53 Å². The summed E-state index contributed by atoms with van der Waals surface area (Å²) >= 11 is 11.5. The van der Waals surface area contributed by atoms with Gasteiger partial charge >= 0.3 is 5.97 Å². The van der Waals surface area contributed by atoms with E-state index in [1.54, 1.807) is 0 Å². The number of rotatable bonds is 8. The molecular weight excluding hydrogens is 285 g/mol. The first-order chi connectivity index (χ1) is 9.15. The molecule has 0 saturated heterocycles. The van der Waals surface area contributed by atoms with Gasteiger partial charge in [0.25, 0.3) is 0 Å². The van der Waals surface area contributed by atoms with Crippen LogP contribution in [0.15, 0.2) is 12.3 Å². The van der Waals surface area contributed by atoms with Crippen LogP contribution in [0.2, 0.25) is 10.2 Å². The predicted octanol–water partition coefficient (Wildman–Crippen LogP) is 4.91. The quantitative estimate of drug-likeness (QED) is 0.389. The number of hydrogen-bond donors (Lipinski definition) is 0. The van der Waals surface area contributed by atoms with Gasteiger partial charge in [0.15, 0.2) is 0 Å². The van der Waals surface area contributed by atoms with E-state index in [9.17, 15) is 4.79 Å². The second-order valence-corrected chi connectivity index (χ2v) is 5.17. The van der Waals surface area contributed by atoms with Crippen LogP contribution in [0.5, 0.6) is 0 Å².